The number of hydrogen-bond acceptors (Lipinski definition) is 4. The molecular formula is C20H17F3N2O2S. The van der Waals surface area contributed by atoms with E-state index >= 15 is 0 Å². The second kappa shape index (κ2) is 8.52. The van der Waals surface area contributed by atoms with Crippen molar-refractivity contribution in [1.82, 2.24) is 9.55 Å². The van der Waals surface area contributed by atoms with Crippen LogP contribution in [0.3, 0.4) is 0 Å². The van der Waals surface area contributed by atoms with E-state index in [0.717, 1.165) is 29.5 Å². The smallest absolute Gasteiger partial charge is 0.416 e. The first kappa shape index (κ1) is 20.0. The summed E-state index contributed by atoms with van der Waals surface area (Å²) in [6.45, 7) is 1.97. The number of aromatic nitrogens is 2. The zero-order chi connectivity index (χ0) is 20.1. The summed E-state index contributed by atoms with van der Waals surface area (Å²) in [6, 6.07) is 14.3. The van der Waals surface area contributed by atoms with Gasteiger partial charge in [-0.15, -0.1) is 0 Å². The Kier molecular flexibility index (Phi) is 6.08. The maximum Gasteiger partial charge on any atom is 0.416 e. The van der Waals surface area contributed by atoms with Crippen molar-refractivity contribution in [2.24, 2.45) is 0 Å². The van der Waals surface area contributed by atoms with Crippen LogP contribution in [0.1, 0.15) is 12.5 Å². The van der Waals surface area contributed by atoms with Gasteiger partial charge in [0.25, 0.3) is 0 Å². The standard InChI is InChI=1S/C20H17F3N2O2S/c1-2-27-18(26)13-28-19-24-12-17(14-7-4-3-5-8-14)25(19)16-10-6-9-15(11-16)20(21,22)23/h3-12H,2,13H2,1H3. The Morgan fingerprint density at radius 3 is 2.57 bits per heavy atom. The Balaban J connectivity index is 2.06. The third-order valence-corrected chi connectivity index (χ3v) is 4.78. The van der Waals surface area contributed by atoms with E-state index < -0.39 is 17.7 Å². The monoisotopic (exact) mass is 406 g/mol. The van der Waals surface area contributed by atoms with Crippen molar-refractivity contribution in [2.75, 3.05) is 12.4 Å². The van der Waals surface area contributed by atoms with Gasteiger partial charge in [0.05, 0.1) is 29.8 Å². The lowest BCUT2D eigenvalue weighted by molar-refractivity contribution is -0.140. The topological polar surface area (TPSA) is 44.1 Å². The van der Waals surface area contributed by atoms with Gasteiger partial charge in [-0.05, 0) is 25.1 Å². The van der Waals surface area contributed by atoms with Crippen LogP contribution in [0.5, 0.6) is 0 Å². The third-order valence-electron chi connectivity index (χ3n) is 3.86. The van der Waals surface area contributed by atoms with Gasteiger partial charge in [0.1, 0.15) is 0 Å². The fourth-order valence-corrected chi connectivity index (χ4v) is 3.44. The molecule has 0 aliphatic rings. The van der Waals surface area contributed by atoms with Gasteiger partial charge < -0.3 is 4.74 Å². The van der Waals surface area contributed by atoms with Crippen LogP contribution < -0.4 is 0 Å². The highest BCUT2D eigenvalue weighted by molar-refractivity contribution is 7.99. The number of thioether (sulfide) groups is 1. The van der Waals surface area contributed by atoms with Crippen molar-refractivity contribution < 1.29 is 22.7 Å². The van der Waals surface area contributed by atoms with Gasteiger partial charge in [0.2, 0.25) is 0 Å². The van der Waals surface area contributed by atoms with Crippen molar-refractivity contribution in [2.45, 2.75) is 18.3 Å². The number of benzene rings is 2. The van der Waals surface area contributed by atoms with E-state index in [9.17, 15) is 18.0 Å². The fourth-order valence-electron chi connectivity index (χ4n) is 2.65. The lowest BCUT2D eigenvalue weighted by atomic mass is 10.1. The molecule has 0 aliphatic carbocycles. The molecule has 0 radical (unpaired) electrons. The lowest BCUT2D eigenvalue weighted by Gasteiger charge is -2.14. The van der Waals surface area contributed by atoms with Gasteiger partial charge >= 0.3 is 12.1 Å². The largest absolute Gasteiger partial charge is 0.465 e. The van der Waals surface area contributed by atoms with Gasteiger partial charge in [0, 0.05) is 11.3 Å². The summed E-state index contributed by atoms with van der Waals surface area (Å²) in [7, 11) is 0. The van der Waals surface area contributed by atoms with E-state index in [1.54, 1.807) is 23.8 Å². The van der Waals surface area contributed by atoms with Crippen molar-refractivity contribution in [3.63, 3.8) is 0 Å². The average Bonchev–Trinajstić information content (AvgIpc) is 3.11. The van der Waals surface area contributed by atoms with E-state index in [2.05, 4.69) is 4.98 Å². The molecule has 3 rings (SSSR count). The van der Waals surface area contributed by atoms with Gasteiger partial charge in [-0.2, -0.15) is 13.2 Å². The minimum absolute atomic E-state index is 0.0119. The first-order valence-electron chi connectivity index (χ1n) is 8.49. The van der Waals surface area contributed by atoms with Crippen molar-refractivity contribution in [3.8, 4) is 16.9 Å². The molecule has 0 fully saturated rings. The SMILES string of the molecule is CCOC(=O)CSc1ncc(-c2ccccc2)n1-c1cccc(C(F)(F)F)c1. The van der Waals surface area contributed by atoms with E-state index in [1.807, 2.05) is 30.3 Å². The Bertz CT molecular complexity index is 956. The Hall–Kier alpha value is -2.74. The molecule has 28 heavy (non-hydrogen) atoms. The van der Waals surface area contributed by atoms with Crippen LogP contribution in [0.25, 0.3) is 16.9 Å². The van der Waals surface area contributed by atoms with E-state index in [1.165, 1.54) is 6.07 Å². The molecule has 1 aromatic heterocycles. The number of ether oxygens (including phenoxy) is 1. The summed E-state index contributed by atoms with van der Waals surface area (Å²) < 4.78 is 46.1. The molecule has 0 saturated heterocycles. The van der Waals surface area contributed by atoms with E-state index in [4.69, 9.17) is 4.74 Å². The Morgan fingerprint density at radius 2 is 1.89 bits per heavy atom. The molecule has 3 aromatic rings. The summed E-state index contributed by atoms with van der Waals surface area (Å²) in [5, 5.41) is 0.409. The van der Waals surface area contributed by atoms with E-state index in [0.29, 0.717) is 16.5 Å². The van der Waals surface area contributed by atoms with Crippen LogP contribution in [0.15, 0.2) is 66.0 Å². The molecule has 0 atom stereocenters. The molecule has 1 heterocycles. The second-order valence-electron chi connectivity index (χ2n) is 5.77. The zero-order valence-electron chi connectivity index (χ0n) is 14.9. The molecule has 0 aliphatic heterocycles. The summed E-state index contributed by atoms with van der Waals surface area (Å²) in [4.78, 5) is 16.0. The maximum absolute atomic E-state index is 13.2. The van der Waals surface area contributed by atoms with Gasteiger partial charge in [0.15, 0.2) is 5.16 Å². The summed E-state index contributed by atoms with van der Waals surface area (Å²) in [6.07, 6.45) is -2.87. The fraction of sp³-hybridized carbons (Fsp3) is 0.200. The van der Waals surface area contributed by atoms with Crippen molar-refractivity contribution in [3.05, 3.63) is 66.4 Å². The minimum atomic E-state index is -4.46. The van der Waals surface area contributed by atoms with Crippen LogP contribution in [-0.2, 0) is 15.7 Å². The molecule has 0 amide bonds. The second-order valence-corrected chi connectivity index (χ2v) is 6.71. The molecule has 0 saturated carbocycles. The Labute approximate surface area is 164 Å². The van der Waals surface area contributed by atoms with Gasteiger partial charge in [-0.3, -0.25) is 9.36 Å². The molecule has 0 spiro atoms. The minimum Gasteiger partial charge on any atom is -0.465 e. The molecule has 4 nitrogen and oxygen atoms in total. The zero-order valence-corrected chi connectivity index (χ0v) is 15.8. The number of rotatable bonds is 6. The number of imidazole rings is 1. The molecule has 146 valence electrons. The third kappa shape index (κ3) is 4.56. The first-order chi connectivity index (χ1) is 13.4. The predicted molar refractivity (Wildman–Crippen MR) is 101 cm³/mol. The normalized spacial score (nSPS) is 11.4. The quantitative estimate of drug-likeness (QED) is 0.416. The summed E-state index contributed by atoms with van der Waals surface area (Å²) in [5.74, 6) is -0.398. The Morgan fingerprint density at radius 1 is 1.14 bits per heavy atom. The van der Waals surface area contributed by atoms with E-state index in [-0.39, 0.29) is 12.4 Å². The molecule has 0 N–H and O–H groups in total. The number of alkyl halides is 3. The number of esters is 1. The lowest BCUT2D eigenvalue weighted by Crippen LogP contribution is -2.09. The van der Waals surface area contributed by atoms with Crippen molar-refractivity contribution >= 4 is 17.7 Å². The number of carbonyl (C=O) groups is 1. The van der Waals surface area contributed by atoms with Crippen molar-refractivity contribution in [1.29, 1.82) is 0 Å². The highest BCUT2D eigenvalue weighted by atomic mass is 32.2. The summed E-state index contributed by atoms with van der Waals surface area (Å²) in [5.41, 5.74) is 0.998. The van der Waals surface area contributed by atoms with Gasteiger partial charge in [-0.1, -0.05) is 48.2 Å². The molecular weight excluding hydrogens is 389 g/mol. The molecule has 0 bridgehead atoms. The number of nitrogens with zero attached hydrogens (tertiary/aromatic N) is 2. The number of halogens is 3. The average molecular weight is 406 g/mol. The van der Waals surface area contributed by atoms with Crippen LogP contribution in [-0.4, -0.2) is 27.9 Å². The number of hydrogen-bond donors (Lipinski definition) is 0. The predicted octanol–water partition coefficient (Wildman–Crippen LogP) is 5.21. The first-order valence-corrected chi connectivity index (χ1v) is 9.48. The van der Waals surface area contributed by atoms with Gasteiger partial charge in [-0.25, -0.2) is 4.98 Å². The number of carbonyl (C=O) groups excluding carboxylic acids is 1. The highest BCUT2D eigenvalue weighted by Gasteiger charge is 2.31. The maximum atomic E-state index is 13.2. The molecule has 2 aromatic carbocycles. The highest BCUT2D eigenvalue weighted by Crippen LogP contribution is 2.34. The summed E-state index contributed by atoms with van der Waals surface area (Å²) >= 11 is 1.11. The van der Waals surface area contributed by atoms with Crippen LogP contribution in [0, 0.1) is 0 Å². The van der Waals surface area contributed by atoms with Crippen LogP contribution in [0.4, 0.5) is 13.2 Å². The molecule has 0 unspecified atom stereocenters. The van der Waals surface area contributed by atoms with Crippen LogP contribution >= 0.6 is 11.8 Å². The van der Waals surface area contributed by atoms with Crippen LogP contribution in [0.2, 0.25) is 0 Å². The molecule has 8 heteroatoms.